The molecule has 22 heavy (non-hydrogen) atoms. The van der Waals surface area contributed by atoms with Gasteiger partial charge in [-0.25, -0.2) is 4.79 Å². The molecule has 0 heterocycles. The second-order valence-electron chi connectivity index (χ2n) is 6.29. The van der Waals surface area contributed by atoms with Gasteiger partial charge in [0.1, 0.15) is 5.60 Å². The van der Waals surface area contributed by atoms with Crippen LogP contribution in [0.15, 0.2) is 5.11 Å². The summed E-state index contributed by atoms with van der Waals surface area (Å²) in [6.45, 7) is 7.36. The van der Waals surface area contributed by atoms with Crippen LogP contribution in [0.4, 0.5) is 4.79 Å². The quantitative estimate of drug-likeness (QED) is 0.372. The summed E-state index contributed by atoms with van der Waals surface area (Å²) in [4.78, 5) is 26.6. The third-order valence-electron chi connectivity index (χ3n) is 3.34. The number of nitrogens with zero attached hydrogens (tertiary/aromatic N) is 3. The molecule has 0 aromatic carbocycles. The van der Waals surface area contributed by atoms with Crippen LogP contribution in [-0.2, 0) is 14.3 Å². The molecule has 1 saturated carbocycles. The lowest BCUT2D eigenvalue weighted by atomic mass is 9.82. The third kappa shape index (κ3) is 5.81. The van der Waals surface area contributed by atoms with Gasteiger partial charge in [-0.2, -0.15) is 0 Å². The zero-order valence-corrected chi connectivity index (χ0v) is 13.5. The standard InChI is InChI=1S/C14H24N4O4/c1-5-21-12(19)9-6-7-10(17-18-15)11(8-9)16-13(20)22-14(2,3)4/h9-11H,5-8H2,1-4H3,(H,16,20)/t9-,10+,11+/m0/s1. The van der Waals surface area contributed by atoms with Crippen LogP contribution in [0, 0.1) is 5.92 Å². The Hall–Kier alpha value is -1.95. The number of nitrogens with one attached hydrogen (secondary N) is 1. The molecule has 1 aliphatic carbocycles. The van der Waals surface area contributed by atoms with E-state index in [1.807, 2.05) is 0 Å². The van der Waals surface area contributed by atoms with Gasteiger partial charge in [-0.05, 0) is 52.5 Å². The van der Waals surface area contributed by atoms with Crippen molar-refractivity contribution in [3.8, 4) is 0 Å². The number of azide groups is 1. The molecule has 0 aliphatic heterocycles. The molecular weight excluding hydrogens is 288 g/mol. The van der Waals surface area contributed by atoms with Crippen molar-refractivity contribution in [1.29, 1.82) is 0 Å². The fourth-order valence-electron chi connectivity index (χ4n) is 2.45. The predicted octanol–water partition coefficient (Wildman–Crippen LogP) is 2.92. The van der Waals surface area contributed by atoms with Gasteiger partial charge < -0.3 is 14.8 Å². The van der Waals surface area contributed by atoms with E-state index in [-0.39, 0.29) is 17.9 Å². The van der Waals surface area contributed by atoms with E-state index in [2.05, 4.69) is 15.3 Å². The molecule has 1 fully saturated rings. The lowest BCUT2D eigenvalue weighted by Crippen LogP contribution is -2.49. The van der Waals surface area contributed by atoms with E-state index < -0.39 is 17.7 Å². The number of alkyl carbamates (subject to hydrolysis) is 1. The summed E-state index contributed by atoms with van der Waals surface area (Å²) in [6.07, 6.45) is 0.894. The predicted molar refractivity (Wildman–Crippen MR) is 80.1 cm³/mol. The number of esters is 1. The number of amides is 1. The summed E-state index contributed by atoms with van der Waals surface area (Å²) < 4.78 is 10.2. The minimum absolute atomic E-state index is 0.280. The average Bonchev–Trinajstić information content (AvgIpc) is 2.39. The van der Waals surface area contributed by atoms with E-state index in [0.29, 0.717) is 25.9 Å². The molecule has 8 heteroatoms. The fraction of sp³-hybridized carbons (Fsp3) is 0.857. The zero-order chi connectivity index (χ0) is 16.8. The molecule has 0 aromatic heterocycles. The van der Waals surface area contributed by atoms with Gasteiger partial charge in [0.05, 0.1) is 18.6 Å². The van der Waals surface area contributed by atoms with Gasteiger partial charge >= 0.3 is 12.1 Å². The summed E-state index contributed by atoms with van der Waals surface area (Å²) in [5.41, 5.74) is 8.02. The van der Waals surface area contributed by atoms with Crippen molar-refractivity contribution in [2.24, 2.45) is 11.0 Å². The normalized spacial score (nSPS) is 24.8. The van der Waals surface area contributed by atoms with E-state index in [1.54, 1.807) is 27.7 Å². The molecule has 0 saturated heterocycles. The Morgan fingerprint density at radius 3 is 2.59 bits per heavy atom. The van der Waals surface area contributed by atoms with Gasteiger partial charge in [-0.3, -0.25) is 4.79 Å². The van der Waals surface area contributed by atoms with Gasteiger partial charge in [0.2, 0.25) is 0 Å². The topological polar surface area (TPSA) is 113 Å². The summed E-state index contributed by atoms with van der Waals surface area (Å²) in [7, 11) is 0. The molecule has 1 amide bonds. The van der Waals surface area contributed by atoms with Crippen molar-refractivity contribution in [3.05, 3.63) is 10.4 Å². The van der Waals surface area contributed by atoms with E-state index in [4.69, 9.17) is 15.0 Å². The Labute approximate surface area is 130 Å². The maximum Gasteiger partial charge on any atom is 0.407 e. The van der Waals surface area contributed by atoms with Gasteiger partial charge in [0.15, 0.2) is 0 Å². The number of carbonyl (C=O) groups is 2. The highest BCUT2D eigenvalue weighted by Crippen LogP contribution is 2.28. The molecule has 1 aliphatic rings. The van der Waals surface area contributed by atoms with E-state index >= 15 is 0 Å². The largest absolute Gasteiger partial charge is 0.466 e. The third-order valence-corrected chi connectivity index (χ3v) is 3.34. The smallest absolute Gasteiger partial charge is 0.407 e. The summed E-state index contributed by atoms with van der Waals surface area (Å²) >= 11 is 0. The van der Waals surface area contributed by atoms with Crippen molar-refractivity contribution < 1.29 is 19.1 Å². The first kappa shape index (κ1) is 18.1. The minimum Gasteiger partial charge on any atom is -0.466 e. The van der Waals surface area contributed by atoms with Gasteiger partial charge in [0, 0.05) is 11.0 Å². The lowest BCUT2D eigenvalue weighted by Gasteiger charge is -2.33. The Morgan fingerprint density at radius 1 is 1.36 bits per heavy atom. The van der Waals surface area contributed by atoms with Crippen LogP contribution in [0.2, 0.25) is 0 Å². The number of ether oxygens (including phenoxy) is 2. The molecule has 8 nitrogen and oxygen atoms in total. The summed E-state index contributed by atoms with van der Waals surface area (Å²) in [5.74, 6) is -0.581. The maximum atomic E-state index is 11.9. The molecule has 1 rings (SSSR count). The summed E-state index contributed by atoms with van der Waals surface area (Å²) in [5, 5.41) is 6.42. The zero-order valence-electron chi connectivity index (χ0n) is 13.5. The van der Waals surface area contributed by atoms with E-state index in [1.165, 1.54) is 0 Å². The number of hydrogen-bond acceptors (Lipinski definition) is 5. The Kier molecular flexibility index (Phi) is 6.49. The van der Waals surface area contributed by atoms with Crippen molar-refractivity contribution >= 4 is 12.1 Å². The fourth-order valence-corrected chi connectivity index (χ4v) is 2.45. The van der Waals surface area contributed by atoms with Crippen LogP contribution < -0.4 is 5.32 Å². The molecule has 124 valence electrons. The van der Waals surface area contributed by atoms with Gasteiger partial charge in [0.25, 0.3) is 0 Å². The van der Waals surface area contributed by atoms with Crippen molar-refractivity contribution in [3.63, 3.8) is 0 Å². The second-order valence-corrected chi connectivity index (χ2v) is 6.29. The van der Waals surface area contributed by atoms with Gasteiger partial charge in [-0.1, -0.05) is 5.11 Å². The van der Waals surface area contributed by atoms with E-state index in [9.17, 15) is 9.59 Å². The van der Waals surface area contributed by atoms with Crippen LogP contribution in [-0.4, -0.2) is 36.4 Å². The van der Waals surface area contributed by atoms with Crippen molar-refractivity contribution in [1.82, 2.24) is 5.32 Å². The first-order chi connectivity index (χ1) is 10.3. The lowest BCUT2D eigenvalue weighted by molar-refractivity contribution is -0.149. The molecular formula is C14H24N4O4. The molecule has 0 radical (unpaired) electrons. The van der Waals surface area contributed by atoms with Crippen LogP contribution in [0.25, 0.3) is 10.4 Å². The number of rotatable bonds is 4. The molecule has 0 unspecified atom stereocenters. The average molecular weight is 312 g/mol. The number of carbonyl (C=O) groups excluding carboxylic acids is 2. The Balaban J connectivity index is 2.73. The highest BCUT2D eigenvalue weighted by Gasteiger charge is 2.35. The Bertz CT molecular complexity index is 454. The second kappa shape index (κ2) is 7.89. The number of hydrogen-bond donors (Lipinski definition) is 1. The minimum atomic E-state index is -0.618. The first-order valence-corrected chi connectivity index (χ1v) is 7.47. The van der Waals surface area contributed by atoms with Crippen molar-refractivity contribution in [2.45, 2.75) is 64.6 Å². The molecule has 0 aromatic rings. The highest BCUT2D eigenvalue weighted by atomic mass is 16.6. The van der Waals surface area contributed by atoms with Gasteiger partial charge in [-0.15, -0.1) is 0 Å². The maximum absolute atomic E-state index is 11.9. The van der Waals surface area contributed by atoms with E-state index in [0.717, 1.165) is 0 Å². The SMILES string of the molecule is CCOC(=O)[C@H]1CC[C@@H](N=[N+]=[N-])[C@H](NC(=O)OC(C)(C)C)C1. The first-order valence-electron chi connectivity index (χ1n) is 7.47. The molecule has 0 bridgehead atoms. The van der Waals surface area contributed by atoms with Crippen molar-refractivity contribution in [2.75, 3.05) is 6.61 Å². The van der Waals surface area contributed by atoms with Crippen LogP contribution in [0.1, 0.15) is 47.0 Å². The highest BCUT2D eigenvalue weighted by molar-refractivity contribution is 5.73. The molecule has 3 atom stereocenters. The summed E-state index contributed by atoms with van der Waals surface area (Å²) in [6, 6.07) is -0.822. The molecule has 0 spiro atoms. The van der Waals surface area contributed by atoms with Crippen LogP contribution in [0.3, 0.4) is 0 Å². The molecule has 1 N–H and O–H groups in total. The van der Waals surface area contributed by atoms with Crippen LogP contribution in [0.5, 0.6) is 0 Å². The Morgan fingerprint density at radius 2 is 2.05 bits per heavy atom. The van der Waals surface area contributed by atoms with Crippen LogP contribution >= 0.6 is 0 Å². The monoisotopic (exact) mass is 312 g/mol.